The Bertz CT molecular complexity index is 921. The van der Waals surface area contributed by atoms with Crippen molar-refractivity contribution in [1.82, 2.24) is 5.43 Å². The zero-order chi connectivity index (χ0) is 22.1. The predicted octanol–water partition coefficient (Wildman–Crippen LogP) is 3.72. The van der Waals surface area contributed by atoms with Crippen LogP contribution in [0.5, 0.6) is 5.75 Å². The fourth-order valence-corrected chi connectivity index (χ4v) is 2.93. The zero-order valence-corrected chi connectivity index (χ0v) is 18.0. The number of phenols is 1. The van der Waals surface area contributed by atoms with Gasteiger partial charge in [-0.15, -0.1) is 0 Å². The van der Waals surface area contributed by atoms with Crippen LogP contribution in [0.3, 0.4) is 0 Å². The number of nitrogens with zero attached hydrogens (tertiary/aromatic N) is 2. The van der Waals surface area contributed by atoms with Crippen molar-refractivity contribution in [2.45, 2.75) is 40.5 Å². The van der Waals surface area contributed by atoms with Crippen molar-refractivity contribution in [3.05, 3.63) is 53.1 Å². The fourth-order valence-electron chi connectivity index (χ4n) is 2.93. The van der Waals surface area contributed by atoms with Crippen LogP contribution in [0.2, 0.25) is 0 Å². The predicted molar refractivity (Wildman–Crippen MR) is 121 cm³/mol. The molecule has 0 aliphatic heterocycles. The maximum absolute atomic E-state index is 12.0. The third kappa shape index (κ3) is 6.62. The summed E-state index contributed by atoms with van der Waals surface area (Å²) in [7, 11) is 0. The van der Waals surface area contributed by atoms with E-state index in [0.29, 0.717) is 11.3 Å². The van der Waals surface area contributed by atoms with Crippen LogP contribution < -0.4 is 15.6 Å². The lowest BCUT2D eigenvalue weighted by Gasteiger charge is -2.21. The van der Waals surface area contributed by atoms with Crippen LogP contribution in [0, 0.1) is 13.8 Å². The van der Waals surface area contributed by atoms with E-state index in [0.717, 1.165) is 29.9 Å². The second-order valence-electron chi connectivity index (χ2n) is 7.06. The highest BCUT2D eigenvalue weighted by atomic mass is 16.3. The van der Waals surface area contributed by atoms with Crippen LogP contribution in [0.1, 0.15) is 43.4 Å². The minimum absolute atomic E-state index is 0.0148. The quantitative estimate of drug-likeness (QED) is 0.434. The lowest BCUT2D eigenvalue weighted by molar-refractivity contribution is -0.124. The van der Waals surface area contributed by atoms with Gasteiger partial charge in [0.05, 0.1) is 6.21 Å². The molecule has 0 spiro atoms. The topological polar surface area (TPSA) is 94.0 Å². The number of aromatic hydroxyl groups is 1. The molecule has 0 unspecified atom stereocenters. The molecule has 0 bridgehead atoms. The highest BCUT2D eigenvalue weighted by Crippen LogP contribution is 2.23. The van der Waals surface area contributed by atoms with Crippen LogP contribution in [0.15, 0.2) is 41.5 Å². The number of hydrazone groups is 1. The first kappa shape index (κ1) is 22.9. The van der Waals surface area contributed by atoms with E-state index in [1.165, 1.54) is 6.21 Å². The van der Waals surface area contributed by atoms with Crippen molar-refractivity contribution < 1.29 is 14.7 Å². The monoisotopic (exact) mass is 410 g/mol. The summed E-state index contributed by atoms with van der Waals surface area (Å²) >= 11 is 0. The van der Waals surface area contributed by atoms with Gasteiger partial charge in [0.2, 0.25) is 11.8 Å². The number of hydrogen-bond acceptors (Lipinski definition) is 5. The second kappa shape index (κ2) is 11.0. The van der Waals surface area contributed by atoms with E-state index in [1.807, 2.05) is 52.0 Å². The molecule has 0 saturated heterocycles. The largest absolute Gasteiger partial charge is 0.507 e. The Hall–Kier alpha value is -3.35. The van der Waals surface area contributed by atoms with Crippen molar-refractivity contribution >= 4 is 29.4 Å². The Morgan fingerprint density at radius 3 is 2.33 bits per heavy atom. The number of anilines is 2. The summed E-state index contributed by atoms with van der Waals surface area (Å²) in [5.41, 5.74) is 6.76. The van der Waals surface area contributed by atoms with Gasteiger partial charge in [0.25, 0.3) is 0 Å². The number of benzene rings is 2. The highest BCUT2D eigenvalue weighted by Gasteiger charge is 2.08. The van der Waals surface area contributed by atoms with E-state index in [1.54, 1.807) is 12.1 Å². The molecular weight excluding hydrogens is 380 g/mol. The zero-order valence-electron chi connectivity index (χ0n) is 18.0. The Kier molecular flexibility index (Phi) is 8.41. The highest BCUT2D eigenvalue weighted by molar-refractivity contribution is 5.93. The fraction of sp³-hybridized carbons (Fsp3) is 0.348. The van der Waals surface area contributed by atoms with Gasteiger partial charge in [-0.3, -0.25) is 9.59 Å². The van der Waals surface area contributed by atoms with Crippen LogP contribution in [0.4, 0.5) is 11.4 Å². The second-order valence-corrected chi connectivity index (χ2v) is 7.06. The standard InChI is InChI=1S/C23H30N4O3/c1-5-27(6-2)20-10-8-18(21(28)14-20)15-24-26-23(30)12-11-22(29)25-19-9-7-16(3)17(4)13-19/h7-10,13-15,28H,5-6,11-12H2,1-4H3,(H,25,29)(H,26,30)/b24-15+. The summed E-state index contributed by atoms with van der Waals surface area (Å²) < 4.78 is 0. The summed E-state index contributed by atoms with van der Waals surface area (Å²) in [6, 6.07) is 11.0. The van der Waals surface area contributed by atoms with E-state index in [2.05, 4.69) is 20.7 Å². The van der Waals surface area contributed by atoms with E-state index < -0.39 is 0 Å². The molecule has 0 aliphatic rings. The Morgan fingerprint density at radius 1 is 1.00 bits per heavy atom. The van der Waals surface area contributed by atoms with Gasteiger partial charge in [-0.05, 0) is 63.1 Å². The van der Waals surface area contributed by atoms with Crippen molar-refractivity contribution in [2.24, 2.45) is 5.10 Å². The van der Waals surface area contributed by atoms with E-state index >= 15 is 0 Å². The first-order chi connectivity index (χ1) is 14.3. The average Bonchev–Trinajstić information content (AvgIpc) is 2.71. The van der Waals surface area contributed by atoms with Crippen LogP contribution in [0.25, 0.3) is 0 Å². The number of carbonyl (C=O) groups is 2. The summed E-state index contributed by atoms with van der Waals surface area (Å²) in [6.07, 6.45) is 1.45. The minimum atomic E-state index is -0.374. The van der Waals surface area contributed by atoms with Gasteiger partial charge in [-0.2, -0.15) is 5.10 Å². The Labute approximate surface area is 177 Å². The summed E-state index contributed by atoms with van der Waals surface area (Å²) in [6.45, 7) is 9.77. The molecule has 160 valence electrons. The molecule has 2 aromatic carbocycles. The van der Waals surface area contributed by atoms with Crippen molar-refractivity contribution in [3.8, 4) is 5.75 Å². The maximum atomic E-state index is 12.0. The smallest absolute Gasteiger partial charge is 0.240 e. The number of phenolic OH excluding ortho intramolecular Hbond substituents is 1. The van der Waals surface area contributed by atoms with Gasteiger partial charge in [0, 0.05) is 48.9 Å². The molecule has 2 aromatic rings. The first-order valence-corrected chi connectivity index (χ1v) is 10.1. The summed E-state index contributed by atoms with van der Waals surface area (Å²) in [5, 5.41) is 16.8. The van der Waals surface area contributed by atoms with Crippen LogP contribution >= 0.6 is 0 Å². The van der Waals surface area contributed by atoms with Gasteiger partial charge >= 0.3 is 0 Å². The summed E-state index contributed by atoms with van der Waals surface area (Å²) in [5.74, 6) is -0.520. The number of nitrogens with one attached hydrogen (secondary N) is 2. The van der Waals surface area contributed by atoms with E-state index in [4.69, 9.17) is 0 Å². The SMILES string of the molecule is CCN(CC)c1ccc(/C=N/NC(=O)CCC(=O)Nc2ccc(C)c(C)c2)c(O)c1. The molecule has 3 N–H and O–H groups in total. The van der Waals surface area contributed by atoms with Gasteiger partial charge in [0.15, 0.2) is 0 Å². The van der Waals surface area contributed by atoms with Gasteiger partial charge < -0.3 is 15.3 Å². The summed E-state index contributed by atoms with van der Waals surface area (Å²) in [4.78, 5) is 26.1. The minimum Gasteiger partial charge on any atom is -0.507 e. The molecule has 0 fully saturated rings. The molecule has 0 saturated carbocycles. The van der Waals surface area contributed by atoms with E-state index in [-0.39, 0.29) is 30.4 Å². The maximum Gasteiger partial charge on any atom is 0.240 e. The molecule has 0 atom stereocenters. The van der Waals surface area contributed by atoms with Crippen LogP contribution in [-0.2, 0) is 9.59 Å². The third-order valence-electron chi connectivity index (χ3n) is 4.91. The molecule has 0 radical (unpaired) electrons. The molecule has 0 heterocycles. The lowest BCUT2D eigenvalue weighted by atomic mass is 10.1. The molecule has 30 heavy (non-hydrogen) atoms. The number of rotatable bonds is 9. The van der Waals surface area contributed by atoms with E-state index in [9.17, 15) is 14.7 Å². The molecular formula is C23H30N4O3. The molecule has 0 aromatic heterocycles. The Balaban J connectivity index is 1.81. The number of carbonyl (C=O) groups excluding carboxylic acids is 2. The molecule has 0 aliphatic carbocycles. The molecule has 2 rings (SSSR count). The third-order valence-corrected chi connectivity index (χ3v) is 4.91. The van der Waals surface area contributed by atoms with Gasteiger partial charge in [0.1, 0.15) is 5.75 Å². The Morgan fingerprint density at radius 2 is 1.70 bits per heavy atom. The van der Waals surface area contributed by atoms with Crippen molar-refractivity contribution in [3.63, 3.8) is 0 Å². The van der Waals surface area contributed by atoms with Gasteiger partial charge in [-0.1, -0.05) is 6.07 Å². The van der Waals surface area contributed by atoms with Crippen molar-refractivity contribution in [1.29, 1.82) is 0 Å². The van der Waals surface area contributed by atoms with Crippen LogP contribution in [-0.4, -0.2) is 36.2 Å². The lowest BCUT2D eigenvalue weighted by Crippen LogP contribution is -2.21. The number of amides is 2. The number of aryl methyl sites for hydroxylation is 2. The number of hydrogen-bond donors (Lipinski definition) is 3. The first-order valence-electron chi connectivity index (χ1n) is 10.1. The van der Waals surface area contributed by atoms with Crippen molar-refractivity contribution in [2.75, 3.05) is 23.3 Å². The molecule has 7 nitrogen and oxygen atoms in total. The molecule has 2 amide bonds. The van der Waals surface area contributed by atoms with Gasteiger partial charge in [-0.25, -0.2) is 5.43 Å². The average molecular weight is 411 g/mol. The molecule has 7 heteroatoms. The normalized spacial score (nSPS) is 10.8.